The number of aryl methyl sites for hydroxylation is 1. The monoisotopic (exact) mass is 416 g/mol. The van der Waals surface area contributed by atoms with E-state index in [0.717, 1.165) is 22.4 Å². The van der Waals surface area contributed by atoms with Crippen molar-refractivity contribution in [1.29, 1.82) is 0 Å². The number of morpholine rings is 1. The number of carbonyl (C=O) groups excluding carboxylic acids is 1. The Labute approximate surface area is 178 Å². The maximum atomic E-state index is 13.8. The van der Waals surface area contributed by atoms with Crippen LogP contribution in [0.1, 0.15) is 16.1 Å². The van der Waals surface area contributed by atoms with E-state index in [1.165, 1.54) is 6.07 Å². The Balaban J connectivity index is 1.59. The summed E-state index contributed by atoms with van der Waals surface area (Å²) in [6.45, 7) is 3.97. The Bertz CT molecular complexity index is 1280. The number of fused-ring (bicyclic) bond motifs is 1. The highest BCUT2D eigenvalue weighted by Crippen LogP contribution is 2.31. The summed E-state index contributed by atoms with van der Waals surface area (Å²) >= 11 is 0. The Hall–Kier alpha value is -3.58. The zero-order chi connectivity index (χ0) is 21.4. The van der Waals surface area contributed by atoms with Crippen LogP contribution in [-0.4, -0.2) is 51.5 Å². The zero-order valence-electron chi connectivity index (χ0n) is 17.1. The van der Waals surface area contributed by atoms with Crippen LogP contribution in [0.5, 0.6) is 0 Å². The maximum Gasteiger partial charge on any atom is 0.272 e. The van der Waals surface area contributed by atoms with Crippen molar-refractivity contribution in [3.05, 3.63) is 78.1 Å². The summed E-state index contributed by atoms with van der Waals surface area (Å²) in [6.07, 6.45) is 5.25. The maximum absolute atomic E-state index is 13.8. The molecule has 7 heteroatoms. The lowest BCUT2D eigenvalue weighted by atomic mass is 9.99. The van der Waals surface area contributed by atoms with Crippen LogP contribution in [0.3, 0.4) is 0 Å². The molecule has 0 unspecified atom stereocenters. The lowest BCUT2D eigenvalue weighted by Gasteiger charge is -2.26. The van der Waals surface area contributed by atoms with Crippen molar-refractivity contribution in [2.45, 2.75) is 6.92 Å². The van der Waals surface area contributed by atoms with Crippen LogP contribution in [0.25, 0.3) is 28.0 Å². The number of pyridine rings is 2. The van der Waals surface area contributed by atoms with Gasteiger partial charge in [-0.2, -0.15) is 0 Å². The van der Waals surface area contributed by atoms with Gasteiger partial charge in [0.05, 0.1) is 25.1 Å². The van der Waals surface area contributed by atoms with Gasteiger partial charge in [-0.3, -0.25) is 14.2 Å². The van der Waals surface area contributed by atoms with E-state index in [9.17, 15) is 9.18 Å². The van der Waals surface area contributed by atoms with Crippen molar-refractivity contribution < 1.29 is 13.9 Å². The molecule has 0 atom stereocenters. The summed E-state index contributed by atoms with van der Waals surface area (Å²) in [4.78, 5) is 23.8. The van der Waals surface area contributed by atoms with Crippen LogP contribution in [0, 0.1) is 12.7 Å². The summed E-state index contributed by atoms with van der Waals surface area (Å²) in [5.74, 6) is -0.305. The van der Waals surface area contributed by atoms with Crippen LogP contribution < -0.4 is 0 Å². The molecule has 0 saturated carbocycles. The van der Waals surface area contributed by atoms with Crippen LogP contribution in [-0.2, 0) is 4.74 Å². The van der Waals surface area contributed by atoms with Gasteiger partial charge >= 0.3 is 0 Å². The fraction of sp³-hybridized carbons (Fsp3) is 0.208. The molecule has 4 heterocycles. The lowest BCUT2D eigenvalue weighted by molar-refractivity contribution is 0.0298. The molecule has 1 fully saturated rings. The van der Waals surface area contributed by atoms with Crippen LogP contribution in [0.4, 0.5) is 4.39 Å². The highest BCUT2D eigenvalue weighted by molar-refractivity contribution is 5.93. The summed E-state index contributed by atoms with van der Waals surface area (Å²) in [5.41, 5.74) is 5.17. The van der Waals surface area contributed by atoms with Crippen molar-refractivity contribution in [3.63, 3.8) is 0 Å². The van der Waals surface area contributed by atoms with Gasteiger partial charge in [0.25, 0.3) is 5.91 Å². The first-order valence-electron chi connectivity index (χ1n) is 10.2. The fourth-order valence-electron chi connectivity index (χ4n) is 3.89. The number of hydrogen-bond donors (Lipinski definition) is 0. The largest absolute Gasteiger partial charge is 0.378 e. The summed E-state index contributed by atoms with van der Waals surface area (Å²) in [5, 5.41) is 0. The van der Waals surface area contributed by atoms with Gasteiger partial charge in [-0.25, -0.2) is 9.37 Å². The number of carbonyl (C=O) groups is 1. The average molecular weight is 416 g/mol. The van der Waals surface area contributed by atoms with E-state index in [0.29, 0.717) is 43.2 Å². The molecule has 0 bridgehead atoms. The molecule has 1 saturated heterocycles. The van der Waals surface area contributed by atoms with Gasteiger partial charge in [0.1, 0.15) is 17.2 Å². The molecule has 5 rings (SSSR count). The number of halogens is 1. The SMILES string of the molecule is Cc1cc(-c2ncccc2-c2ccc3ncc(C(=O)N4CCOCC4)n3c2)ccc1F. The Morgan fingerprint density at radius 1 is 1.06 bits per heavy atom. The lowest BCUT2D eigenvalue weighted by Crippen LogP contribution is -2.41. The normalized spacial score (nSPS) is 14.2. The molecule has 0 aliphatic carbocycles. The summed E-state index contributed by atoms with van der Waals surface area (Å²) < 4.78 is 21.0. The molecule has 1 aliphatic rings. The van der Waals surface area contributed by atoms with Crippen molar-refractivity contribution in [2.75, 3.05) is 26.3 Å². The molecule has 3 aromatic heterocycles. The molecule has 0 radical (unpaired) electrons. The first-order valence-corrected chi connectivity index (χ1v) is 10.2. The number of aromatic nitrogens is 3. The summed E-state index contributed by atoms with van der Waals surface area (Å²) in [6, 6.07) is 12.7. The van der Waals surface area contributed by atoms with E-state index < -0.39 is 0 Å². The van der Waals surface area contributed by atoms with Gasteiger partial charge in [0, 0.05) is 42.2 Å². The standard InChI is InChI=1S/C24H21FN4O2/c1-16-13-17(4-6-20(16)25)23-19(3-2-8-26-23)18-5-7-22-27-14-21(29(22)15-18)24(30)28-9-11-31-12-10-28/h2-8,13-15H,9-12H2,1H3. The minimum absolute atomic E-state index is 0.0616. The minimum Gasteiger partial charge on any atom is -0.378 e. The van der Waals surface area contributed by atoms with Crippen LogP contribution in [0.2, 0.25) is 0 Å². The van der Waals surface area contributed by atoms with Crippen LogP contribution >= 0.6 is 0 Å². The second kappa shape index (κ2) is 7.92. The Kier molecular flexibility index (Phi) is 4.95. The highest BCUT2D eigenvalue weighted by Gasteiger charge is 2.22. The third-order valence-corrected chi connectivity index (χ3v) is 5.57. The number of imidazole rings is 1. The zero-order valence-corrected chi connectivity index (χ0v) is 17.1. The van der Waals surface area contributed by atoms with Gasteiger partial charge in [0.2, 0.25) is 0 Å². The third kappa shape index (κ3) is 3.57. The van der Waals surface area contributed by atoms with Gasteiger partial charge in [-0.1, -0.05) is 6.07 Å². The van der Waals surface area contributed by atoms with E-state index in [2.05, 4.69) is 9.97 Å². The number of rotatable bonds is 3. The van der Waals surface area contributed by atoms with E-state index >= 15 is 0 Å². The molecular formula is C24H21FN4O2. The quantitative estimate of drug-likeness (QED) is 0.507. The second-order valence-corrected chi connectivity index (χ2v) is 7.56. The van der Waals surface area contributed by atoms with Crippen molar-refractivity contribution in [1.82, 2.24) is 19.3 Å². The number of amides is 1. The molecule has 1 aromatic carbocycles. The second-order valence-electron chi connectivity index (χ2n) is 7.56. The first kappa shape index (κ1) is 19.4. The molecule has 0 N–H and O–H groups in total. The number of hydrogen-bond acceptors (Lipinski definition) is 4. The molecule has 4 aromatic rings. The minimum atomic E-state index is -0.243. The average Bonchev–Trinajstić information content (AvgIpc) is 3.24. The van der Waals surface area contributed by atoms with Crippen molar-refractivity contribution in [2.24, 2.45) is 0 Å². The third-order valence-electron chi connectivity index (χ3n) is 5.57. The molecule has 1 aliphatic heterocycles. The molecule has 6 nitrogen and oxygen atoms in total. The molecule has 31 heavy (non-hydrogen) atoms. The molecular weight excluding hydrogens is 395 g/mol. The van der Waals surface area contributed by atoms with Gasteiger partial charge in [-0.15, -0.1) is 0 Å². The highest BCUT2D eigenvalue weighted by atomic mass is 19.1. The molecule has 156 valence electrons. The topological polar surface area (TPSA) is 59.7 Å². The molecule has 1 amide bonds. The van der Waals surface area contributed by atoms with E-state index in [1.807, 2.05) is 34.9 Å². The number of benzene rings is 1. The molecule has 0 spiro atoms. The number of ether oxygens (including phenoxy) is 1. The van der Waals surface area contributed by atoms with Crippen molar-refractivity contribution >= 4 is 11.6 Å². The first-order chi connectivity index (χ1) is 15.1. The fourth-order valence-corrected chi connectivity index (χ4v) is 3.89. The Morgan fingerprint density at radius 2 is 1.87 bits per heavy atom. The van der Waals surface area contributed by atoms with Crippen molar-refractivity contribution in [3.8, 4) is 22.4 Å². The summed E-state index contributed by atoms with van der Waals surface area (Å²) in [7, 11) is 0. The van der Waals surface area contributed by atoms with Gasteiger partial charge in [0.15, 0.2) is 0 Å². The van der Waals surface area contributed by atoms with Crippen LogP contribution in [0.15, 0.2) is 61.1 Å². The van der Waals surface area contributed by atoms with E-state index in [4.69, 9.17) is 4.74 Å². The Morgan fingerprint density at radius 3 is 2.68 bits per heavy atom. The predicted octanol–water partition coefficient (Wildman–Crippen LogP) is 3.98. The van der Waals surface area contributed by atoms with E-state index in [1.54, 1.807) is 36.4 Å². The van der Waals surface area contributed by atoms with Gasteiger partial charge < -0.3 is 9.64 Å². The van der Waals surface area contributed by atoms with Gasteiger partial charge in [-0.05, 0) is 48.9 Å². The number of nitrogens with zero attached hydrogens (tertiary/aromatic N) is 4. The predicted molar refractivity (Wildman–Crippen MR) is 115 cm³/mol. The van der Waals surface area contributed by atoms with E-state index in [-0.39, 0.29) is 11.7 Å². The smallest absolute Gasteiger partial charge is 0.272 e.